The minimum atomic E-state index is 0.569. The Morgan fingerprint density at radius 2 is 2.11 bits per heavy atom. The molecule has 0 fully saturated rings. The van der Waals surface area contributed by atoms with E-state index >= 15 is 0 Å². The van der Waals surface area contributed by atoms with Gasteiger partial charge < -0.3 is 10.5 Å². The number of hydrogen-bond donors (Lipinski definition) is 1. The lowest BCUT2D eigenvalue weighted by molar-refractivity contribution is 0.416. The molecule has 0 unspecified atom stereocenters. The van der Waals surface area contributed by atoms with Crippen molar-refractivity contribution in [2.75, 3.05) is 7.11 Å². The molecule has 2 rings (SSSR count). The van der Waals surface area contributed by atoms with Crippen molar-refractivity contribution in [3.8, 4) is 16.9 Å². The van der Waals surface area contributed by atoms with Crippen LogP contribution in [0.4, 0.5) is 0 Å². The summed E-state index contributed by atoms with van der Waals surface area (Å²) in [4.78, 5) is 1.29. The van der Waals surface area contributed by atoms with Crippen LogP contribution < -0.4 is 10.5 Å². The molecule has 96 valence electrons. The maximum Gasteiger partial charge on any atom is 0.126 e. The average molecular weight is 261 g/mol. The zero-order valence-corrected chi connectivity index (χ0v) is 11.9. The van der Waals surface area contributed by atoms with Crippen molar-refractivity contribution in [2.45, 2.75) is 26.8 Å². The molecule has 1 aromatic carbocycles. The van der Waals surface area contributed by atoms with Crippen molar-refractivity contribution in [1.29, 1.82) is 0 Å². The van der Waals surface area contributed by atoms with Gasteiger partial charge in [0.2, 0.25) is 0 Å². The summed E-state index contributed by atoms with van der Waals surface area (Å²) < 4.78 is 5.49. The monoisotopic (exact) mass is 261 g/mol. The summed E-state index contributed by atoms with van der Waals surface area (Å²) in [5, 5.41) is 2.14. The van der Waals surface area contributed by atoms with E-state index in [9.17, 15) is 0 Å². The van der Waals surface area contributed by atoms with Gasteiger partial charge in [-0.15, -0.1) is 11.3 Å². The molecule has 0 aliphatic heterocycles. The normalized spacial score (nSPS) is 10.7. The average Bonchev–Trinajstić information content (AvgIpc) is 2.78. The second kappa shape index (κ2) is 5.55. The summed E-state index contributed by atoms with van der Waals surface area (Å²) in [6.45, 7) is 4.87. The summed E-state index contributed by atoms with van der Waals surface area (Å²) in [7, 11) is 1.72. The van der Waals surface area contributed by atoms with E-state index in [1.165, 1.54) is 21.6 Å². The Hall–Kier alpha value is -1.32. The van der Waals surface area contributed by atoms with Crippen molar-refractivity contribution >= 4 is 11.3 Å². The maximum absolute atomic E-state index is 5.83. The maximum atomic E-state index is 5.83. The molecule has 0 aliphatic rings. The molecule has 2 nitrogen and oxygen atoms in total. The van der Waals surface area contributed by atoms with Gasteiger partial charge in [-0.05, 0) is 42.0 Å². The van der Waals surface area contributed by atoms with Crippen LogP contribution in [-0.2, 0) is 13.0 Å². The number of rotatable bonds is 4. The highest BCUT2D eigenvalue weighted by atomic mass is 32.1. The summed E-state index contributed by atoms with van der Waals surface area (Å²) in [6, 6.07) is 6.38. The van der Waals surface area contributed by atoms with Crippen LogP contribution >= 0.6 is 11.3 Å². The van der Waals surface area contributed by atoms with E-state index in [1.807, 2.05) is 6.07 Å². The first-order valence-corrected chi connectivity index (χ1v) is 7.03. The van der Waals surface area contributed by atoms with Gasteiger partial charge in [0, 0.05) is 22.5 Å². The highest BCUT2D eigenvalue weighted by Crippen LogP contribution is 2.38. The molecule has 0 saturated heterocycles. The minimum Gasteiger partial charge on any atom is -0.496 e. The van der Waals surface area contributed by atoms with Gasteiger partial charge in [-0.1, -0.05) is 13.0 Å². The van der Waals surface area contributed by atoms with Crippen LogP contribution in [0.15, 0.2) is 23.6 Å². The first-order valence-electron chi connectivity index (χ1n) is 6.15. The molecular formula is C15H19NOS. The quantitative estimate of drug-likeness (QED) is 0.909. The van der Waals surface area contributed by atoms with Crippen LogP contribution in [0.3, 0.4) is 0 Å². The number of aryl methyl sites for hydroxylation is 2. The highest BCUT2D eigenvalue weighted by Gasteiger charge is 2.14. The first-order chi connectivity index (χ1) is 8.71. The molecule has 1 heterocycles. The van der Waals surface area contributed by atoms with E-state index in [-0.39, 0.29) is 0 Å². The predicted octanol–water partition coefficient (Wildman–Crippen LogP) is 3.75. The number of ether oxygens (including phenoxy) is 1. The molecule has 0 spiro atoms. The van der Waals surface area contributed by atoms with Crippen molar-refractivity contribution in [3.63, 3.8) is 0 Å². The van der Waals surface area contributed by atoms with Gasteiger partial charge in [-0.25, -0.2) is 0 Å². The summed E-state index contributed by atoms with van der Waals surface area (Å²) in [6.07, 6.45) is 1.03. The smallest absolute Gasteiger partial charge is 0.126 e. The topological polar surface area (TPSA) is 35.2 Å². The van der Waals surface area contributed by atoms with Crippen LogP contribution in [0.5, 0.6) is 5.75 Å². The van der Waals surface area contributed by atoms with Crippen molar-refractivity contribution < 1.29 is 4.74 Å². The van der Waals surface area contributed by atoms with E-state index in [4.69, 9.17) is 10.5 Å². The number of nitrogens with two attached hydrogens (primary N) is 1. The zero-order chi connectivity index (χ0) is 13.1. The fourth-order valence-electron chi connectivity index (χ4n) is 2.19. The third kappa shape index (κ3) is 2.28. The van der Waals surface area contributed by atoms with Gasteiger partial charge in [0.15, 0.2) is 0 Å². The van der Waals surface area contributed by atoms with Gasteiger partial charge >= 0.3 is 0 Å². The molecule has 2 aromatic rings. The molecule has 1 aromatic heterocycles. The Morgan fingerprint density at radius 1 is 1.33 bits per heavy atom. The lowest BCUT2D eigenvalue weighted by atomic mass is 9.98. The Balaban J connectivity index is 2.64. The van der Waals surface area contributed by atoms with Crippen molar-refractivity contribution in [3.05, 3.63) is 39.6 Å². The standard InChI is InChI=1S/C15H19NOS/c1-4-11-5-6-14(17-3)13(7-11)15-10(2)18-9-12(15)8-16/h5-7,9H,4,8,16H2,1-3H3. The number of hydrogen-bond acceptors (Lipinski definition) is 3. The second-order valence-electron chi connectivity index (χ2n) is 4.28. The van der Waals surface area contributed by atoms with E-state index in [2.05, 4.69) is 31.4 Å². The fraction of sp³-hybridized carbons (Fsp3) is 0.333. The summed E-state index contributed by atoms with van der Waals surface area (Å²) in [5.41, 5.74) is 10.8. The molecule has 0 amide bonds. The van der Waals surface area contributed by atoms with Crippen LogP contribution in [0.2, 0.25) is 0 Å². The van der Waals surface area contributed by atoms with Gasteiger partial charge in [-0.2, -0.15) is 0 Å². The number of benzene rings is 1. The highest BCUT2D eigenvalue weighted by molar-refractivity contribution is 7.10. The van der Waals surface area contributed by atoms with Crippen LogP contribution in [0, 0.1) is 6.92 Å². The van der Waals surface area contributed by atoms with Gasteiger partial charge in [0.1, 0.15) is 5.75 Å². The SMILES string of the molecule is CCc1ccc(OC)c(-c2c(CN)csc2C)c1. The molecule has 3 heteroatoms. The molecular weight excluding hydrogens is 242 g/mol. The lowest BCUT2D eigenvalue weighted by Crippen LogP contribution is -1.98. The van der Waals surface area contributed by atoms with Crippen LogP contribution in [-0.4, -0.2) is 7.11 Å². The Morgan fingerprint density at radius 3 is 2.72 bits per heavy atom. The molecule has 0 atom stereocenters. The molecule has 2 N–H and O–H groups in total. The fourth-order valence-corrected chi connectivity index (χ4v) is 3.08. The Labute approximate surface area is 112 Å². The first kappa shape index (κ1) is 13.1. The number of thiophene rings is 1. The Kier molecular flexibility index (Phi) is 4.04. The predicted molar refractivity (Wildman–Crippen MR) is 78.3 cm³/mol. The molecule has 0 saturated carbocycles. The van der Waals surface area contributed by atoms with Gasteiger partial charge in [-0.3, -0.25) is 0 Å². The molecule has 18 heavy (non-hydrogen) atoms. The van der Waals surface area contributed by atoms with Crippen LogP contribution in [0.1, 0.15) is 22.9 Å². The van der Waals surface area contributed by atoms with E-state index in [0.717, 1.165) is 17.7 Å². The van der Waals surface area contributed by atoms with Crippen LogP contribution in [0.25, 0.3) is 11.1 Å². The zero-order valence-electron chi connectivity index (χ0n) is 11.1. The Bertz CT molecular complexity index is 545. The number of methoxy groups -OCH3 is 1. The third-order valence-corrected chi connectivity index (χ3v) is 4.17. The minimum absolute atomic E-state index is 0.569. The van der Waals surface area contributed by atoms with Crippen molar-refractivity contribution in [2.24, 2.45) is 5.73 Å². The molecule has 0 aliphatic carbocycles. The second-order valence-corrected chi connectivity index (χ2v) is 5.37. The lowest BCUT2D eigenvalue weighted by Gasteiger charge is -2.12. The van der Waals surface area contributed by atoms with E-state index in [0.29, 0.717) is 6.54 Å². The largest absolute Gasteiger partial charge is 0.496 e. The molecule has 0 bridgehead atoms. The summed E-state index contributed by atoms with van der Waals surface area (Å²) >= 11 is 1.75. The molecule has 0 radical (unpaired) electrons. The third-order valence-electron chi connectivity index (χ3n) is 3.21. The van der Waals surface area contributed by atoms with E-state index < -0.39 is 0 Å². The van der Waals surface area contributed by atoms with E-state index in [1.54, 1.807) is 18.4 Å². The summed E-state index contributed by atoms with van der Waals surface area (Å²) in [5.74, 6) is 0.920. The van der Waals surface area contributed by atoms with Crippen molar-refractivity contribution in [1.82, 2.24) is 0 Å². The van der Waals surface area contributed by atoms with Gasteiger partial charge in [0.05, 0.1) is 7.11 Å². The van der Waals surface area contributed by atoms with Gasteiger partial charge in [0.25, 0.3) is 0 Å².